The molecule has 0 aliphatic heterocycles. The molecule has 8 nitrogen and oxygen atoms in total. The smallest absolute Gasteiger partial charge is 0.251 e. The quantitative estimate of drug-likeness (QED) is 0.206. The fourth-order valence-electron chi connectivity index (χ4n) is 4.61. The van der Waals surface area contributed by atoms with Crippen molar-refractivity contribution in [3.63, 3.8) is 0 Å². The highest BCUT2D eigenvalue weighted by Crippen LogP contribution is 2.27. The fraction of sp³-hybridized carbons (Fsp3) is 0.364. The van der Waals surface area contributed by atoms with Crippen molar-refractivity contribution < 1.29 is 14.4 Å². The summed E-state index contributed by atoms with van der Waals surface area (Å²) in [5.74, 6) is 0.0174. The number of anilines is 1. The Hall–Kier alpha value is -4.17. The van der Waals surface area contributed by atoms with Crippen LogP contribution in [0.15, 0.2) is 78.9 Å². The molecule has 3 aromatic rings. The summed E-state index contributed by atoms with van der Waals surface area (Å²) < 4.78 is 0. The van der Waals surface area contributed by atoms with E-state index >= 15 is 0 Å². The van der Waals surface area contributed by atoms with Crippen molar-refractivity contribution in [2.45, 2.75) is 51.2 Å². The van der Waals surface area contributed by atoms with Gasteiger partial charge < -0.3 is 26.6 Å². The Morgan fingerprint density at radius 1 is 0.829 bits per heavy atom. The number of nitrogens with one attached hydrogen (secondary N) is 5. The van der Waals surface area contributed by atoms with E-state index in [1.807, 2.05) is 74.5 Å². The molecular formula is C33H41N5O3. The van der Waals surface area contributed by atoms with E-state index in [1.165, 1.54) is 12.8 Å². The van der Waals surface area contributed by atoms with Gasteiger partial charge >= 0.3 is 0 Å². The Labute approximate surface area is 242 Å². The summed E-state index contributed by atoms with van der Waals surface area (Å²) in [5, 5.41) is 15.5. The minimum absolute atomic E-state index is 0.0382. The maximum atomic E-state index is 13.5. The molecule has 4 rings (SSSR count). The molecule has 0 radical (unpaired) electrons. The lowest BCUT2D eigenvalue weighted by atomic mass is 10.0. The highest BCUT2D eigenvalue weighted by atomic mass is 16.2. The van der Waals surface area contributed by atoms with Gasteiger partial charge in [-0.1, -0.05) is 60.7 Å². The molecular weight excluding hydrogens is 514 g/mol. The number of hydrogen-bond acceptors (Lipinski definition) is 5. The van der Waals surface area contributed by atoms with Crippen molar-refractivity contribution in [2.75, 3.05) is 25.5 Å². The molecule has 0 bridgehead atoms. The van der Waals surface area contributed by atoms with Crippen LogP contribution in [0.2, 0.25) is 0 Å². The SMILES string of the molecule is CNc1cc(C(=O)N[C@H](CN[C@@H](C)C(=O)NCC2CC2)Cc2ccccc2)cc(C(=O)N[C@H](C)c2ccccc2)c1. The Morgan fingerprint density at radius 3 is 2.05 bits per heavy atom. The molecule has 3 amide bonds. The van der Waals surface area contributed by atoms with E-state index in [2.05, 4.69) is 26.6 Å². The van der Waals surface area contributed by atoms with E-state index in [0.29, 0.717) is 35.7 Å². The van der Waals surface area contributed by atoms with Crippen molar-refractivity contribution in [1.29, 1.82) is 0 Å². The largest absolute Gasteiger partial charge is 0.388 e. The summed E-state index contributed by atoms with van der Waals surface area (Å²) in [6.45, 7) is 4.89. The summed E-state index contributed by atoms with van der Waals surface area (Å²) >= 11 is 0. The second kappa shape index (κ2) is 14.5. The van der Waals surface area contributed by atoms with Crippen LogP contribution in [0.5, 0.6) is 0 Å². The van der Waals surface area contributed by atoms with Gasteiger partial charge in [-0.25, -0.2) is 0 Å². The summed E-state index contributed by atoms with van der Waals surface area (Å²) in [6, 6.07) is 23.9. The first kappa shape index (κ1) is 29.8. The number of hydrogen-bond donors (Lipinski definition) is 5. The van der Waals surface area contributed by atoms with E-state index < -0.39 is 6.04 Å². The zero-order chi connectivity index (χ0) is 29.2. The van der Waals surface area contributed by atoms with Gasteiger partial charge in [0, 0.05) is 43.0 Å². The average molecular weight is 556 g/mol. The average Bonchev–Trinajstić information content (AvgIpc) is 3.83. The van der Waals surface area contributed by atoms with Crippen molar-refractivity contribution in [3.8, 4) is 0 Å². The zero-order valence-corrected chi connectivity index (χ0v) is 24.1. The van der Waals surface area contributed by atoms with Crippen LogP contribution in [0.25, 0.3) is 0 Å². The monoisotopic (exact) mass is 555 g/mol. The molecule has 8 heteroatoms. The van der Waals surface area contributed by atoms with Crippen LogP contribution in [0.4, 0.5) is 5.69 Å². The lowest BCUT2D eigenvalue weighted by Gasteiger charge is -2.22. The molecule has 3 aromatic carbocycles. The Kier molecular flexibility index (Phi) is 10.5. The normalized spacial score (nSPS) is 14.8. The van der Waals surface area contributed by atoms with Gasteiger partial charge in [0.25, 0.3) is 11.8 Å². The van der Waals surface area contributed by atoms with Crippen molar-refractivity contribution in [2.24, 2.45) is 5.92 Å². The van der Waals surface area contributed by atoms with Gasteiger partial charge in [-0.3, -0.25) is 14.4 Å². The van der Waals surface area contributed by atoms with Gasteiger partial charge in [-0.2, -0.15) is 0 Å². The fourth-order valence-corrected chi connectivity index (χ4v) is 4.61. The second-order valence-electron chi connectivity index (χ2n) is 10.8. The third-order valence-corrected chi connectivity index (χ3v) is 7.38. The second-order valence-corrected chi connectivity index (χ2v) is 10.8. The van der Waals surface area contributed by atoms with Crippen LogP contribution >= 0.6 is 0 Å². The first-order chi connectivity index (χ1) is 19.8. The first-order valence-corrected chi connectivity index (χ1v) is 14.4. The zero-order valence-electron chi connectivity index (χ0n) is 24.1. The Balaban J connectivity index is 1.45. The number of carbonyl (C=O) groups is 3. The molecule has 3 atom stereocenters. The molecule has 0 spiro atoms. The third-order valence-electron chi connectivity index (χ3n) is 7.38. The number of benzene rings is 3. The summed E-state index contributed by atoms with van der Waals surface area (Å²) in [7, 11) is 1.75. The predicted molar refractivity (Wildman–Crippen MR) is 163 cm³/mol. The van der Waals surface area contributed by atoms with Gasteiger partial charge in [0.2, 0.25) is 5.91 Å². The standard InChI is InChI=1S/C33H41N5O3/c1-22(26-12-8-5-9-13-26)37-32(40)27-17-28(19-29(18-27)34-3)33(41)38-30(16-24-10-6-4-7-11-24)21-35-23(2)31(39)36-20-25-14-15-25/h4-13,17-19,22-23,25,30,34-35H,14-16,20-21H2,1-3H3,(H,36,39)(H,37,40)(H,38,41)/t22-,23+,30+/m1/s1. The van der Waals surface area contributed by atoms with E-state index in [9.17, 15) is 14.4 Å². The predicted octanol–water partition coefficient (Wildman–Crippen LogP) is 4.06. The van der Waals surface area contributed by atoms with Crippen LogP contribution in [0.1, 0.15) is 64.6 Å². The lowest BCUT2D eigenvalue weighted by molar-refractivity contribution is -0.122. The van der Waals surface area contributed by atoms with Crippen LogP contribution in [-0.2, 0) is 11.2 Å². The highest BCUT2D eigenvalue weighted by Gasteiger charge is 2.24. The summed E-state index contributed by atoms with van der Waals surface area (Å²) in [4.78, 5) is 39.2. The van der Waals surface area contributed by atoms with Crippen LogP contribution in [0.3, 0.4) is 0 Å². The molecule has 0 aromatic heterocycles. The molecule has 0 unspecified atom stereocenters. The number of rotatable bonds is 14. The van der Waals surface area contributed by atoms with Gasteiger partial charge in [0.1, 0.15) is 0 Å². The molecule has 1 saturated carbocycles. The molecule has 1 aliphatic rings. The van der Waals surface area contributed by atoms with Gasteiger partial charge in [0.05, 0.1) is 12.1 Å². The molecule has 5 N–H and O–H groups in total. The topological polar surface area (TPSA) is 111 Å². The summed E-state index contributed by atoms with van der Waals surface area (Å²) in [6.07, 6.45) is 2.94. The molecule has 0 heterocycles. The van der Waals surface area contributed by atoms with Crippen LogP contribution < -0.4 is 26.6 Å². The van der Waals surface area contributed by atoms with Crippen LogP contribution in [-0.4, -0.2) is 49.9 Å². The summed E-state index contributed by atoms with van der Waals surface area (Å²) in [5.41, 5.74) is 3.50. The highest BCUT2D eigenvalue weighted by molar-refractivity contribution is 6.01. The number of amides is 3. The Bertz CT molecular complexity index is 1310. The first-order valence-electron chi connectivity index (χ1n) is 14.4. The van der Waals surface area contributed by atoms with E-state index in [4.69, 9.17) is 0 Å². The maximum absolute atomic E-state index is 13.5. The maximum Gasteiger partial charge on any atom is 0.251 e. The third kappa shape index (κ3) is 9.18. The van der Waals surface area contributed by atoms with Gasteiger partial charge in [-0.05, 0) is 68.4 Å². The van der Waals surface area contributed by atoms with E-state index in [1.54, 1.807) is 25.2 Å². The van der Waals surface area contributed by atoms with Crippen molar-refractivity contribution in [1.82, 2.24) is 21.3 Å². The Morgan fingerprint density at radius 2 is 1.44 bits per heavy atom. The molecule has 1 fully saturated rings. The van der Waals surface area contributed by atoms with Crippen LogP contribution in [0, 0.1) is 5.92 Å². The number of carbonyl (C=O) groups excluding carboxylic acids is 3. The van der Waals surface area contributed by atoms with E-state index in [-0.39, 0.29) is 29.8 Å². The van der Waals surface area contributed by atoms with Crippen molar-refractivity contribution in [3.05, 3.63) is 101 Å². The van der Waals surface area contributed by atoms with Gasteiger partial charge in [-0.15, -0.1) is 0 Å². The van der Waals surface area contributed by atoms with Crippen molar-refractivity contribution >= 4 is 23.4 Å². The van der Waals surface area contributed by atoms with E-state index in [0.717, 1.165) is 17.7 Å². The molecule has 216 valence electrons. The molecule has 1 aliphatic carbocycles. The minimum Gasteiger partial charge on any atom is -0.388 e. The minimum atomic E-state index is -0.390. The molecule has 0 saturated heterocycles. The lowest BCUT2D eigenvalue weighted by Crippen LogP contribution is -2.49. The van der Waals surface area contributed by atoms with Gasteiger partial charge in [0.15, 0.2) is 0 Å². The molecule has 41 heavy (non-hydrogen) atoms.